The van der Waals surface area contributed by atoms with E-state index in [1.54, 1.807) is 0 Å². The monoisotopic (exact) mass is 312 g/mol. The number of carbonyl (C=O) groups is 1. The summed E-state index contributed by atoms with van der Waals surface area (Å²) < 4.78 is 5.40. The molecule has 1 aliphatic heterocycles. The van der Waals surface area contributed by atoms with Crippen LogP contribution in [-0.2, 0) is 16.0 Å². The summed E-state index contributed by atoms with van der Waals surface area (Å²) in [5.41, 5.74) is 1.29. The minimum atomic E-state index is -0.241. The van der Waals surface area contributed by atoms with Gasteiger partial charge >= 0.3 is 0 Å². The number of hydrogen-bond donors (Lipinski definition) is 1. The molecule has 0 radical (unpaired) electrons. The highest BCUT2D eigenvalue weighted by Gasteiger charge is 2.24. The normalized spacial score (nSPS) is 19.1. The summed E-state index contributed by atoms with van der Waals surface area (Å²) in [5, 5.41) is 3.02. The van der Waals surface area contributed by atoms with E-state index < -0.39 is 0 Å². The van der Waals surface area contributed by atoms with Crippen molar-refractivity contribution in [3.63, 3.8) is 0 Å². The fourth-order valence-corrected chi connectivity index (χ4v) is 2.44. The SMILES string of the molecule is CN(C)C(CNC(=O)C1CCCO1)Cc1ccccc1.Cl. The third kappa shape index (κ3) is 5.65. The average molecular weight is 313 g/mol. The fourth-order valence-electron chi connectivity index (χ4n) is 2.44. The van der Waals surface area contributed by atoms with Gasteiger partial charge in [-0.15, -0.1) is 12.4 Å². The lowest BCUT2D eigenvalue weighted by atomic mass is 10.1. The van der Waals surface area contributed by atoms with Crippen LogP contribution in [0.15, 0.2) is 30.3 Å². The number of amides is 1. The molecule has 0 saturated carbocycles. The smallest absolute Gasteiger partial charge is 0.249 e. The topological polar surface area (TPSA) is 41.6 Å². The number of nitrogens with one attached hydrogen (secondary N) is 1. The second-order valence-electron chi connectivity index (χ2n) is 5.55. The van der Waals surface area contributed by atoms with Crippen LogP contribution in [-0.4, -0.2) is 50.2 Å². The molecule has 1 N–H and O–H groups in total. The summed E-state index contributed by atoms with van der Waals surface area (Å²) in [6, 6.07) is 10.7. The minimum Gasteiger partial charge on any atom is -0.368 e. The van der Waals surface area contributed by atoms with Crippen molar-refractivity contribution < 1.29 is 9.53 Å². The van der Waals surface area contributed by atoms with Crippen molar-refractivity contribution in [2.24, 2.45) is 0 Å². The molecule has 1 fully saturated rings. The maximum absolute atomic E-state index is 12.0. The predicted octanol–water partition coefficient (Wildman–Crippen LogP) is 1.88. The molecule has 2 unspecified atom stereocenters. The van der Waals surface area contributed by atoms with Gasteiger partial charge in [0, 0.05) is 19.2 Å². The van der Waals surface area contributed by atoms with E-state index in [4.69, 9.17) is 4.74 Å². The molecule has 0 aliphatic carbocycles. The average Bonchev–Trinajstić information content (AvgIpc) is 2.98. The number of rotatable bonds is 6. The lowest BCUT2D eigenvalue weighted by Gasteiger charge is -2.25. The van der Waals surface area contributed by atoms with Gasteiger partial charge in [0.05, 0.1) is 0 Å². The Kier molecular flexibility index (Phi) is 7.72. The van der Waals surface area contributed by atoms with Crippen molar-refractivity contribution in [2.45, 2.75) is 31.4 Å². The van der Waals surface area contributed by atoms with E-state index in [1.165, 1.54) is 5.56 Å². The maximum atomic E-state index is 12.0. The van der Waals surface area contributed by atoms with Crippen LogP contribution < -0.4 is 5.32 Å². The first-order valence-corrected chi connectivity index (χ1v) is 7.26. The Morgan fingerprint density at radius 2 is 2.10 bits per heavy atom. The third-order valence-electron chi connectivity index (χ3n) is 3.78. The van der Waals surface area contributed by atoms with Crippen LogP contribution in [0.3, 0.4) is 0 Å². The summed E-state index contributed by atoms with van der Waals surface area (Å²) in [6.45, 7) is 1.36. The lowest BCUT2D eigenvalue weighted by Crippen LogP contribution is -2.44. The number of halogens is 1. The van der Waals surface area contributed by atoms with E-state index in [0.717, 1.165) is 19.3 Å². The molecule has 0 bridgehead atoms. The first kappa shape index (κ1) is 18.0. The van der Waals surface area contributed by atoms with Crippen LogP contribution in [0, 0.1) is 0 Å². The number of hydrogen-bond acceptors (Lipinski definition) is 3. The Bertz CT molecular complexity index is 420. The van der Waals surface area contributed by atoms with E-state index in [-0.39, 0.29) is 24.4 Å². The van der Waals surface area contributed by atoms with Crippen LogP contribution in [0.5, 0.6) is 0 Å². The van der Waals surface area contributed by atoms with E-state index >= 15 is 0 Å². The summed E-state index contributed by atoms with van der Waals surface area (Å²) in [7, 11) is 4.09. The van der Waals surface area contributed by atoms with Gasteiger partial charge in [0.15, 0.2) is 0 Å². The summed E-state index contributed by atoms with van der Waals surface area (Å²) >= 11 is 0. The molecule has 5 heteroatoms. The van der Waals surface area contributed by atoms with Gasteiger partial charge < -0.3 is 15.0 Å². The minimum absolute atomic E-state index is 0. The van der Waals surface area contributed by atoms with Gasteiger partial charge in [0.2, 0.25) is 5.91 Å². The molecule has 4 nitrogen and oxygen atoms in total. The zero-order valence-electron chi connectivity index (χ0n) is 12.7. The molecule has 2 rings (SSSR count). The summed E-state index contributed by atoms with van der Waals surface area (Å²) in [6.07, 6.45) is 2.52. The molecular formula is C16H25ClN2O2. The highest BCUT2D eigenvalue weighted by Crippen LogP contribution is 2.12. The maximum Gasteiger partial charge on any atom is 0.249 e. The molecule has 0 spiro atoms. The van der Waals surface area contributed by atoms with E-state index in [0.29, 0.717) is 19.2 Å². The van der Waals surface area contributed by atoms with E-state index in [9.17, 15) is 4.79 Å². The number of carbonyl (C=O) groups excluding carboxylic acids is 1. The van der Waals surface area contributed by atoms with Crippen molar-refractivity contribution in [1.29, 1.82) is 0 Å². The molecule has 2 atom stereocenters. The van der Waals surface area contributed by atoms with Gasteiger partial charge in [-0.25, -0.2) is 0 Å². The standard InChI is InChI=1S/C16H24N2O2.ClH/c1-18(2)14(11-13-7-4-3-5-8-13)12-17-16(19)15-9-6-10-20-15;/h3-5,7-8,14-15H,6,9-12H2,1-2H3,(H,17,19);1H. The van der Waals surface area contributed by atoms with Crippen LogP contribution >= 0.6 is 12.4 Å². The van der Waals surface area contributed by atoms with E-state index in [1.807, 2.05) is 32.3 Å². The van der Waals surface area contributed by atoms with Gasteiger partial charge in [-0.3, -0.25) is 4.79 Å². The van der Waals surface area contributed by atoms with Gasteiger partial charge in [-0.05, 0) is 38.9 Å². The molecule has 118 valence electrons. The van der Waals surface area contributed by atoms with Gasteiger partial charge in [0.25, 0.3) is 0 Å². The Morgan fingerprint density at radius 1 is 1.38 bits per heavy atom. The van der Waals surface area contributed by atoms with Crippen LogP contribution in [0.25, 0.3) is 0 Å². The molecule has 1 saturated heterocycles. The fraction of sp³-hybridized carbons (Fsp3) is 0.562. The van der Waals surface area contributed by atoms with Crippen LogP contribution in [0.2, 0.25) is 0 Å². The molecule has 1 aromatic rings. The zero-order valence-corrected chi connectivity index (χ0v) is 13.6. The highest BCUT2D eigenvalue weighted by atomic mass is 35.5. The van der Waals surface area contributed by atoms with Crippen molar-refractivity contribution in [1.82, 2.24) is 10.2 Å². The molecule has 1 aromatic carbocycles. The van der Waals surface area contributed by atoms with Crippen molar-refractivity contribution in [3.8, 4) is 0 Å². The van der Waals surface area contributed by atoms with E-state index in [2.05, 4.69) is 22.3 Å². The molecule has 21 heavy (non-hydrogen) atoms. The van der Waals surface area contributed by atoms with Crippen LogP contribution in [0.4, 0.5) is 0 Å². The van der Waals surface area contributed by atoms with Crippen molar-refractivity contribution in [3.05, 3.63) is 35.9 Å². The van der Waals surface area contributed by atoms with Crippen molar-refractivity contribution >= 4 is 18.3 Å². The Morgan fingerprint density at radius 3 is 2.67 bits per heavy atom. The number of likely N-dealkylation sites (N-methyl/N-ethyl adjacent to an activating group) is 1. The van der Waals surface area contributed by atoms with Crippen molar-refractivity contribution in [2.75, 3.05) is 27.2 Å². The molecular weight excluding hydrogens is 288 g/mol. The molecule has 1 amide bonds. The quantitative estimate of drug-likeness (QED) is 0.872. The largest absolute Gasteiger partial charge is 0.368 e. The summed E-state index contributed by atoms with van der Waals surface area (Å²) in [5.74, 6) is 0.0300. The first-order chi connectivity index (χ1) is 9.66. The Balaban J connectivity index is 0.00000220. The predicted molar refractivity (Wildman–Crippen MR) is 86.9 cm³/mol. The Hall–Kier alpha value is -1.10. The van der Waals surface area contributed by atoms with Gasteiger partial charge in [-0.2, -0.15) is 0 Å². The molecule has 1 heterocycles. The Labute approximate surface area is 133 Å². The number of benzene rings is 1. The first-order valence-electron chi connectivity index (χ1n) is 7.26. The number of nitrogens with zero attached hydrogens (tertiary/aromatic N) is 1. The molecule has 0 aromatic heterocycles. The third-order valence-corrected chi connectivity index (χ3v) is 3.78. The lowest BCUT2D eigenvalue weighted by molar-refractivity contribution is -0.130. The molecule has 1 aliphatic rings. The van der Waals surface area contributed by atoms with Gasteiger partial charge in [0.1, 0.15) is 6.10 Å². The highest BCUT2D eigenvalue weighted by molar-refractivity contribution is 5.85. The second kappa shape index (κ2) is 9.03. The summed E-state index contributed by atoms with van der Waals surface area (Å²) in [4.78, 5) is 14.1. The second-order valence-corrected chi connectivity index (χ2v) is 5.55. The zero-order chi connectivity index (χ0) is 14.4. The van der Waals surface area contributed by atoms with Gasteiger partial charge in [-0.1, -0.05) is 30.3 Å². The van der Waals surface area contributed by atoms with Crippen LogP contribution in [0.1, 0.15) is 18.4 Å². The number of ether oxygens (including phenoxy) is 1.